The number of carbonyl (C=O) groups is 2. The van der Waals surface area contributed by atoms with E-state index in [1.165, 1.54) is 23.5 Å². The molecule has 7 heteroatoms. The number of halogens is 1. The van der Waals surface area contributed by atoms with Crippen LogP contribution in [0.5, 0.6) is 0 Å². The number of hydrogen-bond acceptors (Lipinski definition) is 4. The van der Waals surface area contributed by atoms with Gasteiger partial charge in [0.2, 0.25) is 11.8 Å². The van der Waals surface area contributed by atoms with E-state index in [1.54, 1.807) is 28.8 Å². The first-order valence-corrected chi connectivity index (χ1v) is 10.4. The van der Waals surface area contributed by atoms with Gasteiger partial charge in [-0.25, -0.2) is 4.39 Å². The minimum atomic E-state index is -0.456. The minimum absolute atomic E-state index is 0.0482. The lowest BCUT2D eigenvalue weighted by Gasteiger charge is -2.30. The molecule has 0 saturated carbocycles. The van der Waals surface area contributed by atoms with Gasteiger partial charge in [-0.15, -0.1) is 23.1 Å². The molecule has 1 aromatic carbocycles. The predicted octanol–water partition coefficient (Wildman–Crippen LogP) is 3.55. The van der Waals surface area contributed by atoms with Gasteiger partial charge < -0.3 is 10.2 Å². The second-order valence-corrected chi connectivity index (χ2v) is 9.25. The van der Waals surface area contributed by atoms with E-state index in [2.05, 4.69) is 5.32 Å². The zero-order valence-corrected chi connectivity index (χ0v) is 15.9. The molecule has 26 heavy (non-hydrogen) atoms. The van der Waals surface area contributed by atoms with Crippen molar-refractivity contribution in [3.63, 3.8) is 0 Å². The van der Waals surface area contributed by atoms with Crippen molar-refractivity contribution in [2.75, 3.05) is 5.75 Å². The highest BCUT2D eigenvalue weighted by Crippen LogP contribution is 2.47. The molecule has 0 bridgehead atoms. The van der Waals surface area contributed by atoms with Crippen molar-refractivity contribution in [1.29, 1.82) is 0 Å². The van der Waals surface area contributed by atoms with Gasteiger partial charge in [0.1, 0.15) is 11.9 Å². The lowest BCUT2D eigenvalue weighted by atomic mass is 10.0. The average molecular weight is 391 g/mol. The number of hydrogen-bond donors (Lipinski definition) is 1. The van der Waals surface area contributed by atoms with Crippen molar-refractivity contribution >= 4 is 34.9 Å². The van der Waals surface area contributed by atoms with Gasteiger partial charge in [0, 0.05) is 17.1 Å². The van der Waals surface area contributed by atoms with Crippen LogP contribution in [0.1, 0.15) is 36.2 Å². The molecule has 4 nitrogen and oxygen atoms in total. The van der Waals surface area contributed by atoms with Crippen LogP contribution in [0.25, 0.3) is 0 Å². The minimum Gasteiger partial charge on any atom is -0.343 e. The van der Waals surface area contributed by atoms with Gasteiger partial charge in [-0.05, 0) is 42.5 Å². The predicted molar refractivity (Wildman–Crippen MR) is 101 cm³/mol. The van der Waals surface area contributed by atoms with Gasteiger partial charge in [-0.3, -0.25) is 9.59 Å². The van der Waals surface area contributed by atoms with Crippen LogP contribution in [0, 0.1) is 5.82 Å². The fraction of sp³-hybridized carbons (Fsp3) is 0.368. The smallest absolute Gasteiger partial charge is 0.244 e. The summed E-state index contributed by atoms with van der Waals surface area (Å²) in [5.41, 5.74) is 0.823. The molecule has 0 unspecified atom stereocenters. The summed E-state index contributed by atoms with van der Waals surface area (Å²) >= 11 is 3.21. The molecule has 2 fully saturated rings. The van der Waals surface area contributed by atoms with Crippen LogP contribution in [0.2, 0.25) is 0 Å². The van der Waals surface area contributed by atoms with Crippen molar-refractivity contribution in [2.45, 2.75) is 36.7 Å². The third-order valence-corrected chi connectivity index (χ3v) is 7.51. The summed E-state index contributed by atoms with van der Waals surface area (Å²) in [6.07, 6.45) is 1.28. The largest absolute Gasteiger partial charge is 0.343 e. The van der Waals surface area contributed by atoms with Crippen molar-refractivity contribution in [3.05, 3.63) is 58.0 Å². The summed E-state index contributed by atoms with van der Waals surface area (Å²) in [5, 5.41) is 5.04. The summed E-state index contributed by atoms with van der Waals surface area (Å²) in [7, 11) is 0. The zero-order valence-electron chi connectivity index (χ0n) is 14.3. The van der Waals surface area contributed by atoms with Crippen LogP contribution in [0.3, 0.4) is 0 Å². The van der Waals surface area contributed by atoms with Crippen LogP contribution in [0.15, 0.2) is 41.8 Å². The Morgan fingerprint density at radius 1 is 1.35 bits per heavy atom. The van der Waals surface area contributed by atoms with Crippen molar-refractivity contribution in [1.82, 2.24) is 10.2 Å². The van der Waals surface area contributed by atoms with Gasteiger partial charge in [0.05, 0.1) is 10.9 Å². The third kappa shape index (κ3) is 3.03. The van der Waals surface area contributed by atoms with E-state index in [0.717, 1.165) is 16.9 Å². The summed E-state index contributed by atoms with van der Waals surface area (Å²) in [6, 6.07) is 9.25. The third-order valence-electron chi connectivity index (χ3n) is 5.07. The summed E-state index contributed by atoms with van der Waals surface area (Å²) < 4.78 is 13.3. The maximum absolute atomic E-state index is 13.3. The Labute approximate surface area is 159 Å². The summed E-state index contributed by atoms with van der Waals surface area (Å²) in [5.74, 6) is 0.191. The van der Waals surface area contributed by atoms with E-state index >= 15 is 0 Å². The first kappa shape index (κ1) is 17.5. The standard InChI is InChI=1S/C19H19FN2O2S2/c1-19-9-8-16(23)22(19)14(11-26-19)18(24)21-17(15-3-2-10-25-15)12-4-6-13(20)7-5-12/h2-7,10,14,17H,8-9,11H2,1H3,(H,21,24)/t14-,17+,19-/m0/s1. The van der Waals surface area contributed by atoms with Crippen LogP contribution < -0.4 is 5.32 Å². The molecule has 2 saturated heterocycles. The highest BCUT2D eigenvalue weighted by Gasteiger charge is 2.53. The van der Waals surface area contributed by atoms with E-state index < -0.39 is 6.04 Å². The Morgan fingerprint density at radius 3 is 2.81 bits per heavy atom. The molecule has 136 valence electrons. The van der Waals surface area contributed by atoms with E-state index in [4.69, 9.17) is 0 Å². The average Bonchev–Trinajstić information content (AvgIpc) is 3.32. The summed E-state index contributed by atoms with van der Waals surface area (Å²) in [4.78, 5) is 27.8. The van der Waals surface area contributed by atoms with E-state index in [9.17, 15) is 14.0 Å². The number of rotatable bonds is 4. The maximum Gasteiger partial charge on any atom is 0.244 e. The maximum atomic E-state index is 13.3. The first-order chi connectivity index (χ1) is 12.5. The quantitative estimate of drug-likeness (QED) is 0.869. The second-order valence-electron chi connectivity index (χ2n) is 6.77. The Bertz CT molecular complexity index is 825. The van der Waals surface area contributed by atoms with Crippen molar-refractivity contribution in [2.24, 2.45) is 0 Å². The number of amides is 2. The fourth-order valence-corrected chi connectivity index (χ4v) is 5.92. The number of benzene rings is 1. The number of fused-ring (bicyclic) bond motifs is 1. The van der Waals surface area contributed by atoms with Crippen LogP contribution in [-0.2, 0) is 9.59 Å². The van der Waals surface area contributed by atoms with Gasteiger partial charge in [0.25, 0.3) is 0 Å². The summed E-state index contributed by atoms with van der Waals surface area (Å²) in [6.45, 7) is 2.03. The Hall–Kier alpha value is -1.86. The lowest BCUT2D eigenvalue weighted by molar-refractivity contribution is -0.138. The number of carbonyl (C=O) groups excluding carboxylic acids is 2. The molecule has 1 aromatic heterocycles. The van der Waals surface area contributed by atoms with Gasteiger partial charge in [-0.1, -0.05) is 18.2 Å². The molecular formula is C19H19FN2O2S2. The fourth-order valence-electron chi connectivity index (χ4n) is 3.68. The number of nitrogens with zero attached hydrogens (tertiary/aromatic N) is 1. The molecule has 3 heterocycles. The van der Waals surface area contributed by atoms with Crippen molar-refractivity contribution < 1.29 is 14.0 Å². The van der Waals surface area contributed by atoms with Gasteiger partial charge in [0.15, 0.2) is 0 Å². The Balaban J connectivity index is 1.59. The molecular weight excluding hydrogens is 371 g/mol. The van der Waals surface area contributed by atoms with E-state index in [1.807, 2.05) is 24.4 Å². The molecule has 1 N–H and O–H groups in total. The zero-order chi connectivity index (χ0) is 18.3. The molecule has 4 rings (SSSR count). The molecule has 0 radical (unpaired) electrons. The molecule has 3 atom stereocenters. The molecule has 0 aliphatic carbocycles. The van der Waals surface area contributed by atoms with Gasteiger partial charge >= 0.3 is 0 Å². The van der Waals surface area contributed by atoms with E-state index in [-0.39, 0.29) is 28.5 Å². The number of nitrogens with one attached hydrogen (secondary N) is 1. The molecule has 2 aliphatic heterocycles. The second kappa shape index (κ2) is 6.70. The monoisotopic (exact) mass is 390 g/mol. The molecule has 0 spiro atoms. The number of thiophene rings is 1. The first-order valence-electron chi connectivity index (χ1n) is 8.53. The Kier molecular flexibility index (Phi) is 4.52. The van der Waals surface area contributed by atoms with Crippen molar-refractivity contribution in [3.8, 4) is 0 Å². The van der Waals surface area contributed by atoms with Gasteiger partial charge in [-0.2, -0.15) is 0 Å². The Morgan fingerprint density at radius 2 is 2.12 bits per heavy atom. The van der Waals surface area contributed by atoms with E-state index in [0.29, 0.717) is 12.2 Å². The lowest BCUT2D eigenvalue weighted by Crippen LogP contribution is -2.50. The normalized spacial score (nSPS) is 26.0. The highest BCUT2D eigenvalue weighted by atomic mass is 32.2. The number of thioether (sulfide) groups is 1. The van der Waals surface area contributed by atoms with Crippen LogP contribution in [0.4, 0.5) is 4.39 Å². The SMILES string of the molecule is C[C@]12CCC(=O)N1[C@H](C(=O)N[C@H](c1ccc(F)cc1)c1cccs1)CS2. The van der Waals surface area contributed by atoms with Crippen LogP contribution in [-0.4, -0.2) is 33.4 Å². The topological polar surface area (TPSA) is 49.4 Å². The molecule has 2 aliphatic rings. The highest BCUT2D eigenvalue weighted by molar-refractivity contribution is 8.01. The molecule has 2 amide bonds. The van der Waals surface area contributed by atoms with Crippen LogP contribution >= 0.6 is 23.1 Å². The molecule has 2 aromatic rings.